The summed E-state index contributed by atoms with van der Waals surface area (Å²) in [6, 6.07) is 5.11. The highest BCUT2D eigenvalue weighted by Gasteiger charge is 2.30. The van der Waals surface area contributed by atoms with Gasteiger partial charge in [0.25, 0.3) is 10.0 Å². The van der Waals surface area contributed by atoms with Crippen molar-refractivity contribution in [3.8, 4) is 10.6 Å². The summed E-state index contributed by atoms with van der Waals surface area (Å²) >= 11 is 1.21. The number of anilines is 1. The Morgan fingerprint density at radius 3 is 2.78 bits per heavy atom. The minimum atomic E-state index is -3.38. The van der Waals surface area contributed by atoms with Crippen LogP contribution in [0, 0.1) is 0 Å². The molecule has 2 aromatic heterocycles. The number of nitrogens with zero attached hydrogens (tertiary/aromatic N) is 4. The fourth-order valence-electron chi connectivity index (χ4n) is 2.86. The van der Waals surface area contributed by atoms with Gasteiger partial charge in [-0.1, -0.05) is 0 Å². The van der Waals surface area contributed by atoms with Gasteiger partial charge in [-0.3, -0.25) is 0 Å². The van der Waals surface area contributed by atoms with E-state index in [1.54, 1.807) is 29.3 Å². The fourth-order valence-corrected chi connectivity index (χ4v) is 5.81. The van der Waals surface area contributed by atoms with E-state index in [2.05, 4.69) is 20.6 Å². The summed E-state index contributed by atoms with van der Waals surface area (Å²) in [5, 5.41) is 5.87. The maximum absolute atomic E-state index is 12.5. The molecule has 0 spiro atoms. The summed E-state index contributed by atoms with van der Waals surface area (Å²) in [4.78, 5) is 22.7. The lowest BCUT2D eigenvalue weighted by Gasteiger charge is -2.28. The van der Waals surface area contributed by atoms with Crippen molar-refractivity contribution in [2.24, 2.45) is 0 Å². The van der Waals surface area contributed by atoms with Crippen molar-refractivity contribution in [3.63, 3.8) is 0 Å². The van der Waals surface area contributed by atoms with Crippen LogP contribution in [0.2, 0.25) is 0 Å². The summed E-state index contributed by atoms with van der Waals surface area (Å²) < 4.78 is 26.8. The number of urea groups is 1. The quantitative estimate of drug-likeness (QED) is 0.709. The molecule has 2 aliphatic heterocycles. The third-order valence-corrected chi connectivity index (χ3v) is 7.98. The predicted molar refractivity (Wildman–Crippen MR) is 102 cm³/mol. The molecular weight excluding hydrogens is 388 g/mol. The van der Waals surface area contributed by atoms with E-state index in [1.165, 1.54) is 15.6 Å². The highest BCUT2D eigenvalue weighted by atomic mass is 32.2. The largest absolute Gasteiger partial charge is 0.352 e. The van der Waals surface area contributed by atoms with Gasteiger partial charge < -0.3 is 15.5 Å². The highest BCUT2D eigenvalue weighted by Crippen LogP contribution is 2.32. The molecule has 2 aliphatic rings. The summed E-state index contributed by atoms with van der Waals surface area (Å²) in [5.74, 6) is 0.452. The van der Waals surface area contributed by atoms with Gasteiger partial charge in [0.2, 0.25) is 5.95 Å². The smallest absolute Gasteiger partial charge is 0.317 e. The van der Waals surface area contributed by atoms with Crippen molar-refractivity contribution in [1.82, 2.24) is 24.5 Å². The van der Waals surface area contributed by atoms with Crippen LogP contribution in [0.5, 0.6) is 0 Å². The number of rotatable bonds is 7. The predicted octanol–water partition coefficient (Wildman–Crippen LogP) is 1.04. The normalized spacial score (nSPS) is 17.6. The van der Waals surface area contributed by atoms with Gasteiger partial charge in [-0.25, -0.2) is 23.2 Å². The minimum Gasteiger partial charge on any atom is -0.352 e. The fraction of sp³-hybridized carbons (Fsp3) is 0.438. The SMILES string of the molecule is O=C1NCCN1CCNc1nccc(-c2ccc(S(=O)(=O)N3CCC3)s2)n1. The molecule has 4 rings (SSSR count). The minimum absolute atomic E-state index is 0.0546. The average molecular weight is 409 g/mol. The van der Waals surface area contributed by atoms with E-state index in [9.17, 15) is 13.2 Å². The van der Waals surface area contributed by atoms with Crippen molar-refractivity contribution in [2.45, 2.75) is 10.6 Å². The molecule has 144 valence electrons. The standard InChI is InChI=1S/C16H20N6O3S2/c23-16-19-7-11-21(16)10-6-18-15-17-5-4-12(20-15)13-2-3-14(26-13)27(24,25)22-8-1-9-22/h2-5H,1,6-11H2,(H,19,23)(H,17,18,20). The van der Waals surface area contributed by atoms with Crippen LogP contribution in [-0.2, 0) is 10.0 Å². The molecule has 2 aromatic rings. The van der Waals surface area contributed by atoms with Crippen LogP contribution in [0.15, 0.2) is 28.6 Å². The van der Waals surface area contributed by atoms with Crippen LogP contribution in [0.3, 0.4) is 0 Å². The molecule has 0 bridgehead atoms. The molecule has 0 aromatic carbocycles. The van der Waals surface area contributed by atoms with E-state index in [0.717, 1.165) is 11.3 Å². The number of carbonyl (C=O) groups excluding carboxylic acids is 1. The Morgan fingerprint density at radius 1 is 1.22 bits per heavy atom. The Balaban J connectivity index is 1.42. The van der Waals surface area contributed by atoms with Gasteiger partial charge in [0.15, 0.2) is 0 Å². The van der Waals surface area contributed by atoms with E-state index in [4.69, 9.17) is 0 Å². The summed E-state index contributed by atoms with van der Waals surface area (Å²) in [7, 11) is -3.38. The Bertz CT molecular complexity index is 941. The zero-order valence-corrected chi connectivity index (χ0v) is 16.2. The summed E-state index contributed by atoms with van der Waals surface area (Å²) in [6.07, 6.45) is 2.55. The zero-order chi connectivity index (χ0) is 18.9. The van der Waals surface area contributed by atoms with Gasteiger partial charge >= 0.3 is 6.03 Å². The maximum Gasteiger partial charge on any atom is 0.317 e. The van der Waals surface area contributed by atoms with Crippen molar-refractivity contribution < 1.29 is 13.2 Å². The first-order valence-corrected chi connectivity index (χ1v) is 11.0. The number of nitrogens with one attached hydrogen (secondary N) is 2. The summed E-state index contributed by atoms with van der Waals surface area (Å²) in [6.45, 7) is 3.65. The molecular formula is C16H20N6O3S2. The molecule has 4 heterocycles. The molecule has 2 fully saturated rings. The van der Waals surface area contributed by atoms with Crippen LogP contribution in [-0.4, -0.2) is 72.9 Å². The Labute approximate surface area is 161 Å². The molecule has 0 aliphatic carbocycles. The Hall–Kier alpha value is -2.24. The van der Waals surface area contributed by atoms with E-state index in [1.807, 2.05) is 0 Å². The van der Waals surface area contributed by atoms with Crippen molar-refractivity contribution in [3.05, 3.63) is 24.4 Å². The molecule has 0 atom stereocenters. The first-order chi connectivity index (χ1) is 13.0. The second-order valence-corrected chi connectivity index (χ2v) is 9.54. The van der Waals surface area contributed by atoms with E-state index < -0.39 is 10.0 Å². The first kappa shape index (κ1) is 18.1. The topological polar surface area (TPSA) is 108 Å². The Kier molecular flexibility index (Phi) is 4.98. The molecule has 0 radical (unpaired) electrons. The maximum atomic E-state index is 12.5. The number of thiophene rings is 1. The highest BCUT2D eigenvalue weighted by molar-refractivity contribution is 7.91. The number of hydrogen-bond acceptors (Lipinski definition) is 7. The summed E-state index contributed by atoms with van der Waals surface area (Å²) in [5.41, 5.74) is 0.668. The van der Waals surface area contributed by atoms with Gasteiger partial charge in [-0.2, -0.15) is 4.31 Å². The molecule has 2 N–H and O–H groups in total. The molecule has 27 heavy (non-hydrogen) atoms. The van der Waals surface area contributed by atoms with Crippen molar-refractivity contribution in [1.29, 1.82) is 0 Å². The van der Waals surface area contributed by atoms with E-state index in [-0.39, 0.29) is 6.03 Å². The van der Waals surface area contributed by atoms with Crippen LogP contribution in [0.4, 0.5) is 10.7 Å². The number of sulfonamides is 1. The van der Waals surface area contributed by atoms with Crippen LogP contribution in [0.1, 0.15) is 6.42 Å². The Morgan fingerprint density at radius 2 is 2.07 bits per heavy atom. The van der Waals surface area contributed by atoms with Gasteiger partial charge in [0, 0.05) is 45.5 Å². The van der Waals surface area contributed by atoms with E-state index >= 15 is 0 Å². The zero-order valence-electron chi connectivity index (χ0n) is 14.6. The van der Waals surface area contributed by atoms with E-state index in [0.29, 0.717) is 55.1 Å². The monoisotopic (exact) mass is 408 g/mol. The number of carbonyl (C=O) groups is 1. The van der Waals surface area contributed by atoms with Crippen LogP contribution < -0.4 is 10.6 Å². The van der Waals surface area contributed by atoms with Crippen LogP contribution >= 0.6 is 11.3 Å². The lowest BCUT2D eigenvalue weighted by molar-refractivity contribution is 0.219. The van der Waals surface area contributed by atoms with Crippen molar-refractivity contribution in [2.75, 3.05) is 44.6 Å². The molecule has 0 saturated carbocycles. The second-order valence-electron chi connectivity index (χ2n) is 6.29. The molecule has 2 amide bonds. The van der Waals surface area contributed by atoms with Crippen LogP contribution in [0.25, 0.3) is 10.6 Å². The number of amides is 2. The lowest BCUT2D eigenvalue weighted by Crippen LogP contribution is -2.41. The van der Waals surface area contributed by atoms with Gasteiger partial charge in [-0.05, 0) is 24.6 Å². The molecule has 9 nitrogen and oxygen atoms in total. The van der Waals surface area contributed by atoms with Crippen molar-refractivity contribution >= 4 is 33.3 Å². The average Bonchev–Trinajstić information content (AvgIpc) is 3.23. The van der Waals surface area contributed by atoms with Gasteiger partial charge in [0.05, 0.1) is 10.6 Å². The molecule has 0 unspecified atom stereocenters. The molecule has 2 saturated heterocycles. The third kappa shape index (κ3) is 3.75. The molecule has 11 heteroatoms. The lowest BCUT2D eigenvalue weighted by atomic mass is 10.3. The second kappa shape index (κ2) is 7.41. The van der Waals surface area contributed by atoms with Gasteiger partial charge in [0.1, 0.15) is 4.21 Å². The first-order valence-electron chi connectivity index (χ1n) is 8.74. The number of aromatic nitrogens is 2. The third-order valence-electron chi connectivity index (χ3n) is 4.51. The number of hydrogen-bond donors (Lipinski definition) is 2. The van der Waals surface area contributed by atoms with Gasteiger partial charge in [-0.15, -0.1) is 11.3 Å².